The van der Waals surface area contributed by atoms with Gasteiger partial charge in [0.1, 0.15) is 10.3 Å². The third-order valence-corrected chi connectivity index (χ3v) is 10.5. The minimum Gasteiger partial charge on any atom is -0.292 e. The molecule has 0 saturated carbocycles. The summed E-state index contributed by atoms with van der Waals surface area (Å²) in [5, 5.41) is 4.08. The molecular formula is C25H17BrN2O3S2. The summed E-state index contributed by atoms with van der Waals surface area (Å²) < 4.78 is -0.340. The maximum Gasteiger partial charge on any atom is 0.286 e. The van der Waals surface area contributed by atoms with E-state index >= 15 is 0 Å². The molecule has 3 aromatic rings. The van der Waals surface area contributed by atoms with Crippen molar-refractivity contribution in [2.45, 2.75) is 22.2 Å². The average Bonchev–Trinajstić information content (AvgIpc) is 3.51. The molecule has 3 aliphatic heterocycles. The smallest absolute Gasteiger partial charge is 0.286 e. The second-order valence-corrected chi connectivity index (χ2v) is 12.0. The lowest BCUT2D eigenvalue weighted by Crippen LogP contribution is -2.61. The third-order valence-electron chi connectivity index (χ3n) is 7.61. The Bertz CT molecular complexity index is 1410. The highest BCUT2D eigenvalue weighted by Crippen LogP contribution is 2.69. The summed E-state index contributed by atoms with van der Waals surface area (Å²) in [6.45, 7) is 0. The van der Waals surface area contributed by atoms with Gasteiger partial charge < -0.3 is 0 Å². The van der Waals surface area contributed by atoms with Crippen molar-refractivity contribution in [1.82, 2.24) is 10.2 Å². The van der Waals surface area contributed by atoms with Crippen LogP contribution in [0.4, 0.5) is 4.79 Å². The van der Waals surface area contributed by atoms with Gasteiger partial charge in [0.25, 0.3) is 5.24 Å². The monoisotopic (exact) mass is 536 g/mol. The molecule has 2 amide bonds. The van der Waals surface area contributed by atoms with Gasteiger partial charge in [-0.15, -0.1) is 11.8 Å². The van der Waals surface area contributed by atoms with Crippen LogP contribution in [0.3, 0.4) is 0 Å². The zero-order valence-electron chi connectivity index (χ0n) is 17.2. The van der Waals surface area contributed by atoms with Crippen LogP contribution in [-0.4, -0.2) is 44.2 Å². The van der Waals surface area contributed by atoms with Crippen LogP contribution in [0.1, 0.15) is 27.4 Å². The number of Topliss-reactive ketones (excluding diaryl/α,β-unsaturated/α-hetero) is 1. The second-order valence-electron chi connectivity index (χ2n) is 8.89. The van der Waals surface area contributed by atoms with E-state index in [0.29, 0.717) is 11.4 Å². The Balaban J connectivity index is 1.61. The van der Waals surface area contributed by atoms with Crippen LogP contribution >= 0.6 is 39.5 Å². The number of ketones is 1. The number of hydrogen-bond donors (Lipinski definition) is 1. The topological polar surface area (TPSA) is 66.5 Å². The van der Waals surface area contributed by atoms with Crippen LogP contribution in [0.15, 0.2) is 65.1 Å². The minimum absolute atomic E-state index is 0.0474. The first-order valence-electron chi connectivity index (χ1n) is 10.7. The van der Waals surface area contributed by atoms with Crippen molar-refractivity contribution in [2.24, 2.45) is 0 Å². The molecule has 4 aliphatic rings. The molecule has 1 aliphatic carbocycles. The largest absolute Gasteiger partial charge is 0.292 e. The molecule has 33 heavy (non-hydrogen) atoms. The standard InChI is InChI=1S/C25H17BrN2O3S2/c26-15-9-7-14(8-10-15)20-18-11-32-12-28(18)24(25(20)22(30)27-23(31)33-25)17-6-2-4-13-3-1-5-16(19(13)17)21(24)29/h1-10,18,20H,11-12H2,(H,27,30,31)/t18-,20-,24-,25+/m1/s1. The molecule has 0 radical (unpaired) electrons. The number of thioether (sulfide) groups is 2. The summed E-state index contributed by atoms with van der Waals surface area (Å²) in [5.74, 6) is 0.691. The van der Waals surface area contributed by atoms with Crippen molar-refractivity contribution in [3.63, 3.8) is 0 Å². The Labute approximate surface area is 206 Å². The number of hydrogen-bond acceptors (Lipinski definition) is 6. The fraction of sp³-hybridized carbons (Fsp3) is 0.240. The van der Waals surface area contributed by atoms with Crippen LogP contribution in [0.2, 0.25) is 0 Å². The van der Waals surface area contributed by atoms with E-state index in [1.165, 1.54) is 0 Å². The zero-order valence-corrected chi connectivity index (χ0v) is 20.4. The van der Waals surface area contributed by atoms with Crippen molar-refractivity contribution in [2.75, 3.05) is 11.6 Å². The number of benzene rings is 3. The van der Waals surface area contributed by atoms with Gasteiger partial charge >= 0.3 is 0 Å². The summed E-state index contributed by atoms with van der Waals surface area (Å²) in [6, 6.07) is 19.6. The number of halogens is 1. The van der Waals surface area contributed by atoms with Crippen LogP contribution in [0, 0.1) is 0 Å². The summed E-state index contributed by atoms with van der Waals surface area (Å²) in [4.78, 5) is 43.5. The maximum absolute atomic E-state index is 14.5. The SMILES string of the molecule is O=C1NC(=O)[C@@]2(S1)[C@H](c1ccc(Br)cc1)[C@H]1CSCN1[C@]21C(=O)c2cccc3cccc1c23. The van der Waals surface area contributed by atoms with Gasteiger partial charge in [0.15, 0.2) is 5.78 Å². The number of nitrogens with one attached hydrogen (secondary N) is 1. The third kappa shape index (κ3) is 2.24. The molecule has 2 spiro atoms. The molecule has 5 nitrogen and oxygen atoms in total. The van der Waals surface area contributed by atoms with Gasteiger partial charge in [-0.05, 0) is 45.8 Å². The van der Waals surface area contributed by atoms with E-state index in [1.807, 2.05) is 60.7 Å². The van der Waals surface area contributed by atoms with Crippen LogP contribution < -0.4 is 5.32 Å². The van der Waals surface area contributed by atoms with Crippen molar-refractivity contribution in [3.8, 4) is 0 Å². The van der Waals surface area contributed by atoms with Gasteiger partial charge in [0, 0.05) is 33.6 Å². The van der Waals surface area contributed by atoms with Gasteiger partial charge in [-0.25, -0.2) is 0 Å². The normalized spacial score (nSPS) is 32.5. The van der Waals surface area contributed by atoms with Gasteiger partial charge in [-0.1, -0.05) is 64.5 Å². The van der Waals surface area contributed by atoms with Crippen LogP contribution in [0.25, 0.3) is 10.8 Å². The quantitative estimate of drug-likeness (QED) is 0.477. The van der Waals surface area contributed by atoms with E-state index in [2.05, 4.69) is 26.1 Å². The van der Waals surface area contributed by atoms with Crippen molar-refractivity contribution in [1.29, 1.82) is 0 Å². The van der Waals surface area contributed by atoms with Crippen molar-refractivity contribution in [3.05, 3.63) is 81.8 Å². The molecule has 0 aromatic heterocycles. The molecule has 164 valence electrons. The summed E-state index contributed by atoms with van der Waals surface area (Å²) in [5.41, 5.74) is 1.23. The number of nitrogens with zero attached hydrogens (tertiary/aromatic N) is 1. The Morgan fingerprint density at radius 2 is 1.76 bits per heavy atom. The van der Waals surface area contributed by atoms with E-state index in [4.69, 9.17) is 0 Å². The van der Waals surface area contributed by atoms with Crippen molar-refractivity contribution < 1.29 is 14.4 Å². The fourth-order valence-corrected chi connectivity index (χ4v) is 9.60. The molecule has 1 N–H and O–H groups in total. The second kappa shape index (κ2) is 6.72. The Morgan fingerprint density at radius 3 is 2.48 bits per heavy atom. The van der Waals surface area contributed by atoms with E-state index in [-0.39, 0.29) is 28.9 Å². The highest BCUT2D eigenvalue weighted by atomic mass is 79.9. The van der Waals surface area contributed by atoms with Gasteiger partial charge in [0.2, 0.25) is 5.91 Å². The van der Waals surface area contributed by atoms with Gasteiger partial charge in [-0.2, -0.15) is 0 Å². The molecule has 0 unspecified atom stereocenters. The van der Waals surface area contributed by atoms with E-state index in [9.17, 15) is 14.4 Å². The first-order valence-corrected chi connectivity index (χ1v) is 13.5. The number of imide groups is 1. The molecule has 0 bridgehead atoms. The molecule has 3 aromatic carbocycles. The van der Waals surface area contributed by atoms with E-state index < -0.39 is 10.3 Å². The van der Waals surface area contributed by atoms with E-state index in [1.54, 1.807) is 11.8 Å². The molecule has 4 atom stereocenters. The lowest BCUT2D eigenvalue weighted by molar-refractivity contribution is -0.123. The zero-order chi connectivity index (χ0) is 22.5. The molecule has 3 fully saturated rings. The highest BCUT2D eigenvalue weighted by Gasteiger charge is 2.80. The fourth-order valence-electron chi connectivity index (χ4n) is 6.56. The van der Waals surface area contributed by atoms with Gasteiger partial charge in [-0.3, -0.25) is 24.6 Å². The summed E-state index contributed by atoms with van der Waals surface area (Å²) >= 11 is 6.31. The highest BCUT2D eigenvalue weighted by molar-refractivity contribution is 9.10. The lowest BCUT2D eigenvalue weighted by Gasteiger charge is -2.43. The first-order chi connectivity index (χ1) is 16.0. The summed E-state index contributed by atoms with van der Waals surface area (Å²) in [7, 11) is 0. The van der Waals surface area contributed by atoms with Crippen LogP contribution in [0.5, 0.6) is 0 Å². The number of rotatable bonds is 1. The molecule has 7 rings (SSSR count). The number of amides is 2. The van der Waals surface area contributed by atoms with Crippen LogP contribution in [-0.2, 0) is 10.3 Å². The molecule has 8 heteroatoms. The van der Waals surface area contributed by atoms with E-state index in [0.717, 1.165) is 43.9 Å². The predicted molar refractivity (Wildman–Crippen MR) is 134 cm³/mol. The Morgan fingerprint density at radius 1 is 1.00 bits per heavy atom. The lowest BCUT2D eigenvalue weighted by atomic mass is 9.70. The average molecular weight is 537 g/mol. The first kappa shape index (κ1) is 20.3. The molecule has 3 saturated heterocycles. The molecule has 3 heterocycles. The Kier molecular flexibility index (Phi) is 4.13. The number of carbonyl (C=O) groups is 3. The minimum atomic E-state index is -1.28. The summed E-state index contributed by atoms with van der Waals surface area (Å²) in [6.07, 6.45) is 0. The van der Waals surface area contributed by atoms with Gasteiger partial charge in [0.05, 0.1) is 0 Å². The van der Waals surface area contributed by atoms with Crippen molar-refractivity contribution >= 4 is 67.2 Å². The Hall–Kier alpha value is -2.13. The molecular weight excluding hydrogens is 520 g/mol. The number of fused-ring (bicyclic) bond motifs is 4. The number of carbonyl (C=O) groups excluding carboxylic acids is 3. The predicted octanol–water partition coefficient (Wildman–Crippen LogP) is 4.89. The maximum atomic E-state index is 14.5.